The number of aryl methyl sites for hydroxylation is 1. The van der Waals surface area contributed by atoms with E-state index >= 15 is 0 Å². The first kappa shape index (κ1) is 10.6. The molecule has 84 valence electrons. The second kappa shape index (κ2) is 3.94. The third kappa shape index (κ3) is 1.79. The van der Waals surface area contributed by atoms with E-state index in [1.807, 2.05) is 19.3 Å². The second-order valence-electron chi connectivity index (χ2n) is 4.37. The fourth-order valence-electron chi connectivity index (χ4n) is 2.48. The highest BCUT2D eigenvalue weighted by Gasteiger charge is 2.41. The number of nitrogens with two attached hydrogens (primary N) is 1. The molecule has 4 heteroatoms. The third-order valence-corrected chi connectivity index (χ3v) is 3.48. The monoisotopic (exact) mass is 209 g/mol. The van der Waals surface area contributed by atoms with Crippen molar-refractivity contribution in [3.63, 3.8) is 0 Å². The van der Waals surface area contributed by atoms with Gasteiger partial charge in [0.05, 0.1) is 17.3 Å². The van der Waals surface area contributed by atoms with Gasteiger partial charge in [-0.3, -0.25) is 4.68 Å². The summed E-state index contributed by atoms with van der Waals surface area (Å²) >= 11 is 0. The Morgan fingerprint density at radius 1 is 1.53 bits per heavy atom. The van der Waals surface area contributed by atoms with Crippen LogP contribution >= 0.6 is 0 Å². The quantitative estimate of drug-likeness (QED) is 0.818. The average molecular weight is 209 g/mol. The van der Waals surface area contributed by atoms with Gasteiger partial charge >= 0.3 is 0 Å². The van der Waals surface area contributed by atoms with Gasteiger partial charge in [0, 0.05) is 20.4 Å². The van der Waals surface area contributed by atoms with E-state index in [0.29, 0.717) is 0 Å². The van der Waals surface area contributed by atoms with Crippen LogP contribution in [0.25, 0.3) is 0 Å². The molecule has 1 heterocycles. The molecular formula is C11H19N3O. The number of aromatic nitrogens is 2. The zero-order valence-corrected chi connectivity index (χ0v) is 9.44. The number of methoxy groups -OCH3 is 1. The highest BCUT2D eigenvalue weighted by atomic mass is 16.5. The van der Waals surface area contributed by atoms with E-state index in [2.05, 4.69) is 5.10 Å². The molecule has 0 saturated heterocycles. The number of rotatable bonds is 3. The van der Waals surface area contributed by atoms with Crippen molar-refractivity contribution in [2.24, 2.45) is 12.8 Å². The molecule has 1 aromatic rings. The number of hydrogen-bond acceptors (Lipinski definition) is 3. The molecule has 0 aliphatic heterocycles. The highest BCUT2D eigenvalue weighted by Crippen LogP contribution is 2.40. The maximum absolute atomic E-state index is 6.26. The van der Waals surface area contributed by atoms with Crippen molar-refractivity contribution in [2.75, 3.05) is 7.11 Å². The van der Waals surface area contributed by atoms with Crippen LogP contribution in [0.15, 0.2) is 12.3 Å². The summed E-state index contributed by atoms with van der Waals surface area (Å²) in [6, 6.07) is 1.87. The summed E-state index contributed by atoms with van der Waals surface area (Å²) in [5, 5.41) is 4.36. The van der Waals surface area contributed by atoms with Crippen molar-refractivity contribution in [3.8, 4) is 0 Å². The molecule has 15 heavy (non-hydrogen) atoms. The topological polar surface area (TPSA) is 53.1 Å². The molecule has 1 aliphatic carbocycles. The first-order valence-corrected chi connectivity index (χ1v) is 5.48. The summed E-state index contributed by atoms with van der Waals surface area (Å²) in [6.45, 7) is 0. The summed E-state index contributed by atoms with van der Waals surface area (Å²) in [4.78, 5) is 0. The number of hydrogen-bond donors (Lipinski definition) is 1. The lowest BCUT2D eigenvalue weighted by atomic mass is 9.90. The lowest BCUT2D eigenvalue weighted by Gasteiger charge is -2.32. The van der Waals surface area contributed by atoms with E-state index in [-0.39, 0.29) is 11.6 Å². The van der Waals surface area contributed by atoms with Gasteiger partial charge in [0.25, 0.3) is 0 Å². The smallest absolute Gasteiger partial charge is 0.0886 e. The fraction of sp³-hybridized carbons (Fsp3) is 0.727. The van der Waals surface area contributed by atoms with Gasteiger partial charge in [-0.1, -0.05) is 12.8 Å². The second-order valence-corrected chi connectivity index (χ2v) is 4.37. The predicted molar refractivity (Wildman–Crippen MR) is 58.3 cm³/mol. The summed E-state index contributed by atoms with van der Waals surface area (Å²) in [5.41, 5.74) is 7.00. The van der Waals surface area contributed by atoms with E-state index in [9.17, 15) is 0 Å². The standard InChI is InChI=1S/C11H19N3O/c1-14-8-5-9(13-14)10(12)11(15-2)6-3-4-7-11/h5,8,10H,3-4,6-7,12H2,1-2H3. The Labute approximate surface area is 90.4 Å². The molecule has 1 aromatic heterocycles. The average Bonchev–Trinajstić information content (AvgIpc) is 2.86. The Morgan fingerprint density at radius 2 is 2.20 bits per heavy atom. The van der Waals surface area contributed by atoms with Gasteiger partial charge in [0.2, 0.25) is 0 Å². The number of ether oxygens (including phenoxy) is 1. The molecular weight excluding hydrogens is 190 g/mol. The summed E-state index contributed by atoms with van der Waals surface area (Å²) in [6.07, 6.45) is 6.42. The Hall–Kier alpha value is -0.870. The summed E-state index contributed by atoms with van der Waals surface area (Å²) in [7, 11) is 3.67. The van der Waals surface area contributed by atoms with Crippen LogP contribution in [0.5, 0.6) is 0 Å². The van der Waals surface area contributed by atoms with Crippen molar-refractivity contribution in [2.45, 2.75) is 37.3 Å². The lowest BCUT2D eigenvalue weighted by Crippen LogP contribution is -2.40. The Balaban J connectivity index is 2.21. The molecule has 4 nitrogen and oxygen atoms in total. The zero-order chi connectivity index (χ0) is 10.9. The minimum absolute atomic E-state index is 0.105. The molecule has 1 atom stereocenters. The molecule has 1 fully saturated rings. The van der Waals surface area contributed by atoms with Crippen molar-refractivity contribution in [1.29, 1.82) is 0 Å². The molecule has 1 saturated carbocycles. The Kier molecular flexibility index (Phi) is 2.80. The molecule has 0 bridgehead atoms. The molecule has 0 amide bonds. The van der Waals surface area contributed by atoms with Crippen LogP contribution in [-0.2, 0) is 11.8 Å². The van der Waals surface area contributed by atoms with Gasteiger partial charge in [-0.2, -0.15) is 5.10 Å². The van der Waals surface area contributed by atoms with Crippen molar-refractivity contribution in [1.82, 2.24) is 9.78 Å². The number of nitrogens with zero attached hydrogens (tertiary/aromatic N) is 2. The first-order valence-electron chi connectivity index (χ1n) is 5.48. The Bertz CT molecular complexity index is 328. The van der Waals surface area contributed by atoms with Gasteiger partial charge < -0.3 is 10.5 Å². The summed E-state index contributed by atoms with van der Waals surface area (Å²) < 4.78 is 7.44. The molecule has 0 radical (unpaired) electrons. The highest BCUT2D eigenvalue weighted by molar-refractivity contribution is 5.12. The van der Waals surface area contributed by atoms with Crippen LogP contribution in [0.2, 0.25) is 0 Å². The maximum atomic E-state index is 6.26. The van der Waals surface area contributed by atoms with Crippen molar-refractivity contribution in [3.05, 3.63) is 18.0 Å². The van der Waals surface area contributed by atoms with Gasteiger partial charge in [0.1, 0.15) is 0 Å². The molecule has 1 aliphatic rings. The van der Waals surface area contributed by atoms with Gasteiger partial charge in [-0.15, -0.1) is 0 Å². The van der Waals surface area contributed by atoms with Gasteiger partial charge in [-0.05, 0) is 18.9 Å². The molecule has 0 aromatic carbocycles. The van der Waals surface area contributed by atoms with E-state index in [1.54, 1.807) is 11.8 Å². The minimum atomic E-state index is -0.186. The van der Waals surface area contributed by atoms with Crippen molar-refractivity contribution >= 4 is 0 Å². The van der Waals surface area contributed by atoms with Gasteiger partial charge in [-0.25, -0.2) is 0 Å². The third-order valence-electron chi connectivity index (χ3n) is 3.48. The van der Waals surface area contributed by atoms with Crippen LogP contribution < -0.4 is 5.73 Å². The molecule has 1 unspecified atom stereocenters. The maximum Gasteiger partial charge on any atom is 0.0886 e. The molecule has 2 rings (SSSR count). The van der Waals surface area contributed by atoms with E-state index in [4.69, 9.17) is 10.5 Å². The van der Waals surface area contributed by atoms with Crippen LogP contribution in [0.1, 0.15) is 37.4 Å². The van der Waals surface area contributed by atoms with E-state index in [1.165, 1.54) is 12.8 Å². The SMILES string of the molecule is COC1(C(N)c2ccn(C)n2)CCCC1. The largest absolute Gasteiger partial charge is 0.376 e. The van der Waals surface area contributed by atoms with Crippen LogP contribution in [0, 0.1) is 0 Å². The normalized spacial score (nSPS) is 21.8. The van der Waals surface area contributed by atoms with E-state index < -0.39 is 0 Å². The lowest BCUT2D eigenvalue weighted by molar-refractivity contribution is -0.0275. The van der Waals surface area contributed by atoms with Gasteiger partial charge in [0.15, 0.2) is 0 Å². The van der Waals surface area contributed by atoms with E-state index in [0.717, 1.165) is 18.5 Å². The molecule has 2 N–H and O–H groups in total. The zero-order valence-electron chi connectivity index (χ0n) is 9.44. The van der Waals surface area contributed by atoms with Crippen molar-refractivity contribution < 1.29 is 4.74 Å². The first-order chi connectivity index (χ1) is 7.18. The molecule has 0 spiro atoms. The van der Waals surface area contributed by atoms with Crippen LogP contribution in [0.3, 0.4) is 0 Å². The summed E-state index contributed by atoms with van der Waals surface area (Å²) in [5.74, 6) is 0. The van der Waals surface area contributed by atoms with Crippen LogP contribution in [0.4, 0.5) is 0 Å². The van der Waals surface area contributed by atoms with Crippen LogP contribution in [-0.4, -0.2) is 22.5 Å². The predicted octanol–water partition coefficient (Wildman–Crippen LogP) is 1.38. The fourth-order valence-corrected chi connectivity index (χ4v) is 2.48. The Morgan fingerprint density at radius 3 is 2.67 bits per heavy atom. The minimum Gasteiger partial charge on any atom is -0.376 e.